The van der Waals surface area contributed by atoms with E-state index in [-0.39, 0.29) is 18.2 Å². The SMILES string of the molecule is Cc1ccc(S)cc1C(=O)NCCS(C)(=O)=O. The van der Waals surface area contributed by atoms with Gasteiger partial charge in [0.1, 0.15) is 9.84 Å². The number of hydrogen-bond acceptors (Lipinski definition) is 4. The highest BCUT2D eigenvalue weighted by Crippen LogP contribution is 2.13. The van der Waals surface area contributed by atoms with Crippen LogP contribution in [0, 0.1) is 6.92 Å². The van der Waals surface area contributed by atoms with Crippen molar-refractivity contribution in [2.45, 2.75) is 11.8 Å². The maximum Gasteiger partial charge on any atom is 0.251 e. The van der Waals surface area contributed by atoms with Gasteiger partial charge in [-0.1, -0.05) is 6.07 Å². The number of amides is 1. The molecule has 0 radical (unpaired) electrons. The number of carbonyl (C=O) groups excluding carboxylic acids is 1. The fourth-order valence-electron chi connectivity index (χ4n) is 1.30. The van der Waals surface area contributed by atoms with E-state index in [2.05, 4.69) is 17.9 Å². The first-order chi connectivity index (χ1) is 7.79. The lowest BCUT2D eigenvalue weighted by molar-refractivity contribution is 0.0955. The lowest BCUT2D eigenvalue weighted by Crippen LogP contribution is -2.29. The van der Waals surface area contributed by atoms with Crippen molar-refractivity contribution < 1.29 is 13.2 Å². The third-order valence-corrected chi connectivity index (χ3v) is 3.45. The van der Waals surface area contributed by atoms with Crippen LogP contribution < -0.4 is 5.32 Å². The molecule has 1 amide bonds. The zero-order chi connectivity index (χ0) is 13.1. The molecule has 0 aromatic heterocycles. The van der Waals surface area contributed by atoms with Crippen molar-refractivity contribution in [2.75, 3.05) is 18.6 Å². The van der Waals surface area contributed by atoms with Gasteiger partial charge in [-0.15, -0.1) is 12.6 Å². The highest BCUT2D eigenvalue weighted by Gasteiger charge is 2.10. The normalized spacial score (nSPS) is 11.2. The summed E-state index contributed by atoms with van der Waals surface area (Å²) in [7, 11) is -3.05. The van der Waals surface area contributed by atoms with Crippen molar-refractivity contribution in [3.05, 3.63) is 29.3 Å². The third-order valence-electron chi connectivity index (χ3n) is 2.22. The van der Waals surface area contributed by atoms with Gasteiger partial charge in [0.05, 0.1) is 5.75 Å². The molecule has 17 heavy (non-hydrogen) atoms. The van der Waals surface area contributed by atoms with E-state index in [9.17, 15) is 13.2 Å². The van der Waals surface area contributed by atoms with E-state index >= 15 is 0 Å². The lowest BCUT2D eigenvalue weighted by atomic mass is 10.1. The number of hydrogen-bond donors (Lipinski definition) is 2. The van der Waals surface area contributed by atoms with Crippen LogP contribution in [0.1, 0.15) is 15.9 Å². The van der Waals surface area contributed by atoms with E-state index in [0.29, 0.717) is 10.5 Å². The van der Waals surface area contributed by atoms with E-state index in [0.717, 1.165) is 11.8 Å². The second-order valence-electron chi connectivity index (χ2n) is 3.89. The van der Waals surface area contributed by atoms with E-state index in [1.54, 1.807) is 18.2 Å². The molecule has 0 unspecified atom stereocenters. The van der Waals surface area contributed by atoms with Gasteiger partial charge >= 0.3 is 0 Å². The summed E-state index contributed by atoms with van der Waals surface area (Å²) in [6.45, 7) is 1.94. The molecular formula is C11H15NO3S2. The molecule has 0 fully saturated rings. The summed E-state index contributed by atoms with van der Waals surface area (Å²) in [6, 6.07) is 5.26. The number of nitrogens with one attached hydrogen (secondary N) is 1. The number of thiol groups is 1. The highest BCUT2D eigenvalue weighted by molar-refractivity contribution is 7.90. The standard InChI is InChI=1S/C11H15NO3S2/c1-8-3-4-9(16)7-10(8)11(13)12-5-6-17(2,14)15/h3-4,7,16H,5-6H2,1-2H3,(H,12,13). The summed E-state index contributed by atoms with van der Waals surface area (Å²) in [4.78, 5) is 12.5. The molecular weight excluding hydrogens is 258 g/mol. The molecule has 1 rings (SSSR count). The Morgan fingerprint density at radius 1 is 1.41 bits per heavy atom. The summed E-state index contributed by atoms with van der Waals surface area (Å²) in [5.74, 6) is -0.333. The molecule has 0 aliphatic rings. The first kappa shape index (κ1) is 14.1. The van der Waals surface area contributed by atoms with Crippen molar-refractivity contribution in [1.29, 1.82) is 0 Å². The Balaban J connectivity index is 2.67. The Morgan fingerprint density at radius 3 is 2.65 bits per heavy atom. The van der Waals surface area contributed by atoms with Gasteiger partial charge in [-0.3, -0.25) is 4.79 Å². The average Bonchev–Trinajstić information content (AvgIpc) is 2.19. The summed E-state index contributed by atoms with van der Waals surface area (Å²) in [5.41, 5.74) is 1.35. The quantitative estimate of drug-likeness (QED) is 0.806. The number of aryl methyl sites for hydroxylation is 1. The molecule has 0 saturated carbocycles. The van der Waals surface area contributed by atoms with Crippen LogP contribution in [-0.2, 0) is 9.84 Å². The molecule has 0 bridgehead atoms. The van der Waals surface area contributed by atoms with Gasteiger partial charge in [0.25, 0.3) is 5.91 Å². The highest BCUT2D eigenvalue weighted by atomic mass is 32.2. The molecule has 0 saturated heterocycles. The molecule has 1 aromatic carbocycles. The van der Waals surface area contributed by atoms with Crippen molar-refractivity contribution in [3.8, 4) is 0 Å². The van der Waals surface area contributed by atoms with E-state index in [1.165, 1.54) is 0 Å². The van der Waals surface area contributed by atoms with Crippen molar-refractivity contribution in [1.82, 2.24) is 5.32 Å². The van der Waals surface area contributed by atoms with Crippen molar-refractivity contribution in [3.63, 3.8) is 0 Å². The Labute approximate surface area is 107 Å². The fourth-order valence-corrected chi connectivity index (χ4v) is 1.98. The Bertz CT molecular complexity index is 524. The molecule has 0 atom stereocenters. The molecule has 1 N–H and O–H groups in total. The Kier molecular flexibility index (Phi) is 4.59. The van der Waals surface area contributed by atoms with Gasteiger partial charge < -0.3 is 5.32 Å². The molecule has 94 valence electrons. The van der Waals surface area contributed by atoms with Gasteiger partial charge in [-0.2, -0.15) is 0 Å². The monoisotopic (exact) mass is 273 g/mol. The maximum atomic E-state index is 11.8. The molecule has 4 nitrogen and oxygen atoms in total. The molecule has 6 heteroatoms. The minimum atomic E-state index is -3.05. The van der Waals surface area contributed by atoms with Crippen LogP contribution in [0.2, 0.25) is 0 Å². The summed E-state index contributed by atoms with van der Waals surface area (Å²) in [6.07, 6.45) is 1.14. The van der Waals surface area contributed by atoms with Crippen LogP contribution in [0.5, 0.6) is 0 Å². The minimum Gasteiger partial charge on any atom is -0.351 e. The number of rotatable bonds is 4. The predicted molar refractivity (Wildman–Crippen MR) is 70.5 cm³/mol. The van der Waals surface area contributed by atoms with Crippen LogP contribution in [0.15, 0.2) is 23.1 Å². The number of sulfone groups is 1. The topological polar surface area (TPSA) is 63.2 Å². The first-order valence-electron chi connectivity index (χ1n) is 5.05. The molecule has 1 aromatic rings. The molecule has 0 heterocycles. The molecule has 0 spiro atoms. The van der Waals surface area contributed by atoms with Gasteiger partial charge in [0.15, 0.2) is 0 Å². The largest absolute Gasteiger partial charge is 0.351 e. The van der Waals surface area contributed by atoms with Gasteiger partial charge in [-0.05, 0) is 24.6 Å². The van der Waals surface area contributed by atoms with E-state index in [1.807, 2.05) is 6.92 Å². The zero-order valence-corrected chi connectivity index (χ0v) is 11.4. The second kappa shape index (κ2) is 5.55. The number of benzene rings is 1. The first-order valence-corrected chi connectivity index (χ1v) is 7.56. The number of carbonyl (C=O) groups is 1. The average molecular weight is 273 g/mol. The third kappa shape index (κ3) is 4.79. The maximum absolute atomic E-state index is 11.8. The summed E-state index contributed by atoms with van der Waals surface area (Å²) >= 11 is 4.16. The van der Waals surface area contributed by atoms with E-state index < -0.39 is 9.84 Å². The van der Waals surface area contributed by atoms with E-state index in [4.69, 9.17) is 0 Å². The van der Waals surface area contributed by atoms with Crippen LogP contribution in [-0.4, -0.2) is 32.9 Å². The zero-order valence-electron chi connectivity index (χ0n) is 9.73. The van der Waals surface area contributed by atoms with Gasteiger partial charge in [0, 0.05) is 23.3 Å². The molecule has 0 aliphatic heterocycles. The predicted octanol–water partition coefficient (Wildman–Crippen LogP) is 1.06. The Morgan fingerprint density at radius 2 is 2.06 bits per heavy atom. The van der Waals surface area contributed by atoms with Crippen LogP contribution >= 0.6 is 12.6 Å². The second-order valence-corrected chi connectivity index (χ2v) is 6.66. The summed E-state index contributed by atoms with van der Waals surface area (Å²) < 4.78 is 21.8. The lowest BCUT2D eigenvalue weighted by Gasteiger charge is -2.07. The fraction of sp³-hybridized carbons (Fsp3) is 0.364. The molecule has 0 aliphatic carbocycles. The van der Waals surface area contributed by atoms with Gasteiger partial charge in [0.2, 0.25) is 0 Å². The minimum absolute atomic E-state index is 0.0572. The van der Waals surface area contributed by atoms with Crippen LogP contribution in [0.25, 0.3) is 0 Å². The smallest absolute Gasteiger partial charge is 0.251 e. The van der Waals surface area contributed by atoms with Crippen LogP contribution in [0.3, 0.4) is 0 Å². The van der Waals surface area contributed by atoms with Gasteiger partial charge in [-0.25, -0.2) is 8.42 Å². The van der Waals surface area contributed by atoms with Crippen LogP contribution in [0.4, 0.5) is 0 Å². The Hall–Kier alpha value is -1.01. The summed E-state index contributed by atoms with van der Waals surface area (Å²) in [5, 5.41) is 2.57. The van der Waals surface area contributed by atoms with Crippen molar-refractivity contribution >= 4 is 28.4 Å². The van der Waals surface area contributed by atoms with Crippen molar-refractivity contribution in [2.24, 2.45) is 0 Å².